The molecule has 1 aliphatic heterocycles. The maximum atomic E-state index is 11.1. The predicted molar refractivity (Wildman–Crippen MR) is 98.0 cm³/mol. The molecule has 25 heavy (non-hydrogen) atoms. The van der Waals surface area contributed by atoms with E-state index in [0.29, 0.717) is 6.54 Å². The number of nitrogens with zero attached hydrogens (tertiary/aromatic N) is 4. The van der Waals surface area contributed by atoms with E-state index in [0.717, 1.165) is 54.8 Å². The van der Waals surface area contributed by atoms with Crippen LogP contribution in [0.5, 0.6) is 0 Å². The first-order chi connectivity index (χ1) is 12.1. The molecule has 0 fully saturated rings. The maximum absolute atomic E-state index is 11.1. The summed E-state index contributed by atoms with van der Waals surface area (Å²) in [6, 6.07) is 10.1. The van der Waals surface area contributed by atoms with Crippen LogP contribution in [0.25, 0.3) is 6.08 Å². The molecule has 2 heterocycles. The summed E-state index contributed by atoms with van der Waals surface area (Å²) in [6.45, 7) is 5.19. The number of amides is 1. The molecule has 3 rings (SSSR count). The smallest absolute Gasteiger partial charge is 0.217 e. The lowest BCUT2D eigenvalue weighted by Gasteiger charge is -2.19. The van der Waals surface area contributed by atoms with Gasteiger partial charge in [0.1, 0.15) is 5.82 Å². The second-order valence-electron chi connectivity index (χ2n) is 6.12. The van der Waals surface area contributed by atoms with Gasteiger partial charge in [0.15, 0.2) is 5.82 Å². The quantitative estimate of drug-likeness (QED) is 0.887. The van der Waals surface area contributed by atoms with Crippen LogP contribution in [0.4, 0.5) is 0 Å². The van der Waals surface area contributed by atoms with Crippen LogP contribution in [0.1, 0.15) is 24.1 Å². The van der Waals surface area contributed by atoms with Gasteiger partial charge in [-0.25, -0.2) is 0 Å². The standard InChI is InChI=1S/C18H22ClN5O/c1-14(25)20-12-18-22-21-17-7-8-23(9-10-24(17)18)13-16(19)11-15-5-3-2-4-6-15/h2-6,11H,7-10,12-13H2,1H3,(H,20,25)/b16-11-. The molecule has 0 unspecified atom stereocenters. The molecule has 2 aromatic rings. The van der Waals surface area contributed by atoms with Gasteiger partial charge in [0, 0.05) is 44.6 Å². The third-order valence-corrected chi connectivity index (χ3v) is 4.42. The van der Waals surface area contributed by atoms with Gasteiger partial charge in [0.05, 0.1) is 6.54 Å². The summed E-state index contributed by atoms with van der Waals surface area (Å²) >= 11 is 6.44. The molecule has 132 valence electrons. The highest BCUT2D eigenvalue weighted by Gasteiger charge is 2.19. The molecular formula is C18H22ClN5O. The highest BCUT2D eigenvalue weighted by Crippen LogP contribution is 2.15. The third-order valence-electron chi connectivity index (χ3n) is 4.19. The zero-order chi connectivity index (χ0) is 17.6. The van der Waals surface area contributed by atoms with E-state index in [2.05, 4.69) is 25.0 Å². The van der Waals surface area contributed by atoms with Crippen molar-refractivity contribution < 1.29 is 4.79 Å². The van der Waals surface area contributed by atoms with E-state index in [-0.39, 0.29) is 5.91 Å². The fourth-order valence-electron chi connectivity index (χ4n) is 2.91. The highest BCUT2D eigenvalue weighted by molar-refractivity contribution is 6.31. The molecule has 1 aliphatic rings. The van der Waals surface area contributed by atoms with Crippen molar-refractivity contribution in [2.24, 2.45) is 0 Å². The Balaban J connectivity index is 1.60. The van der Waals surface area contributed by atoms with Crippen LogP contribution in [0.2, 0.25) is 0 Å². The molecule has 1 amide bonds. The van der Waals surface area contributed by atoms with E-state index < -0.39 is 0 Å². The van der Waals surface area contributed by atoms with Crippen LogP contribution < -0.4 is 5.32 Å². The SMILES string of the molecule is CC(=O)NCc1nnc2n1CCN(C/C(Cl)=C/c1ccccc1)CC2. The molecule has 1 aromatic carbocycles. The van der Waals surface area contributed by atoms with Crippen molar-refractivity contribution in [1.82, 2.24) is 25.0 Å². The topological polar surface area (TPSA) is 63.1 Å². The summed E-state index contributed by atoms with van der Waals surface area (Å²) in [4.78, 5) is 13.4. The first kappa shape index (κ1) is 17.6. The molecule has 1 N–H and O–H groups in total. The molecular weight excluding hydrogens is 338 g/mol. The second kappa shape index (κ2) is 8.27. The van der Waals surface area contributed by atoms with Gasteiger partial charge in [-0.2, -0.15) is 0 Å². The number of nitrogens with one attached hydrogen (secondary N) is 1. The van der Waals surface area contributed by atoms with Gasteiger partial charge in [-0.05, 0) is 11.6 Å². The Labute approximate surface area is 152 Å². The monoisotopic (exact) mass is 359 g/mol. The van der Waals surface area contributed by atoms with Crippen LogP contribution in [0.15, 0.2) is 35.4 Å². The summed E-state index contributed by atoms with van der Waals surface area (Å²) in [5.41, 5.74) is 1.11. The number of benzene rings is 1. The summed E-state index contributed by atoms with van der Waals surface area (Å²) in [5.74, 6) is 1.70. The Morgan fingerprint density at radius 1 is 1.24 bits per heavy atom. The van der Waals surface area contributed by atoms with Crippen LogP contribution in [0.3, 0.4) is 0 Å². The number of hydrogen-bond donors (Lipinski definition) is 1. The van der Waals surface area contributed by atoms with E-state index in [4.69, 9.17) is 11.6 Å². The van der Waals surface area contributed by atoms with Gasteiger partial charge in [-0.3, -0.25) is 9.69 Å². The Hall–Kier alpha value is -2.18. The van der Waals surface area contributed by atoms with Crippen molar-refractivity contribution in [3.8, 4) is 0 Å². The van der Waals surface area contributed by atoms with Gasteiger partial charge in [0.2, 0.25) is 5.91 Å². The number of hydrogen-bond acceptors (Lipinski definition) is 4. The minimum Gasteiger partial charge on any atom is -0.349 e. The molecule has 0 saturated heterocycles. The van der Waals surface area contributed by atoms with Crippen molar-refractivity contribution in [1.29, 1.82) is 0 Å². The molecule has 0 aliphatic carbocycles. The first-order valence-corrected chi connectivity index (χ1v) is 8.78. The zero-order valence-electron chi connectivity index (χ0n) is 14.3. The van der Waals surface area contributed by atoms with Crippen LogP contribution in [-0.4, -0.2) is 45.2 Å². The maximum Gasteiger partial charge on any atom is 0.217 e. The summed E-state index contributed by atoms with van der Waals surface area (Å²) < 4.78 is 2.10. The number of aromatic nitrogens is 3. The highest BCUT2D eigenvalue weighted by atomic mass is 35.5. The summed E-state index contributed by atoms with van der Waals surface area (Å²) in [7, 11) is 0. The van der Waals surface area contributed by atoms with Crippen molar-refractivity contribution in [3.63, 3.8) is 0 Å². The Kier molecular flexibility index (Phi) is 5.83. The zero-order valence-corrected chi connectivity index (χ0v) is 15.0. The predicted octanol–water partition coefficient (Wildman–Crippen LogP) is 2.05. The molecule has 0 atom stereocenters. The lowest BCUT2D eigenvalue weighted by Crippen LogP contribution is -2.29. The average molecular weight is 360 g/mol. The molecule has 6 nitrogen and oxygen atoms in total. The molecule has 0 saturated carbocycles. The van der Waals surface area contributed by atoms with Gasteiger partial charge in [0.25, 0.3) is 0 Å². The number of rotatable bonds is 5. The number of carbonyl (C=O) groups excluding carboxylic acids is 1. The van der Waals surface area contributed by atoms with Gasteiger partial charge in [-0.1, -0.05) is 41.9 Å². The summed E-state index contributed by atoms with van der Waals surface area (Å²) in [6.07, 6.45) is 2.83. The second-order valence-corrected chi connectivity index (χ2v) is 6.61. The van der Waals surface area contributed by atoms with Crippen molar-refractivity contribution in [2.45, 2.75) is 26.4 Å². The van der Waals surface area contributed by atoms with Crippen LogP contribution in [0, 0.1) is 0 Å². The van der Waals surface area contributed by atoms with E-state index in [1.54, 1.807) is 0 Å². The number of carbonyl (C=O) groups is 1. The molecule has 0 radical (unpaired) electrons. The van der Waals surface area contributed by atoms with E-state index in [9.17, 15) is 4.79 Å². The van der Waals surface area contributed by atoms with Crippen molar-refractivity contribution in [3.05, 3.63) is 52.6 Å². The van der Waals surface area contributed by atoms with Gasteiger partial charge in [-0.15, -0.1) is 10.2 Å². The lowest BCUT2D eigenvalue weighted by atomic mass is 10.2. The van der Waals surface area contributed by atoms with Gasteiger partial charge >= 0.3 is 0 Å². The minimum absolute atomic E-state index is 0.0644. The van der Waals surface area contributed by atoms with E-state index in [1.165, 1.54) is 6.92 Å². The molecule has 0 spiro atoms. The fraction of sp³-hybridized carbons (Fsp3) is 0.389. The van der Waals surface area contributed by atoms with Crippen molar-refractivity contribution >= 4 is 23.6 Å². The largest absolute Gasteiger partial charge is 0.349 e. The number of fused-ring (bicyclic) bond motifs is 1. The van der Waals surface area contributed by atoms with Crippen molar-refractivity contribution in [2.75, 3.05) is 19.6 Å². The Morgan fingerprint density at radius 2 is 2.04 bits per heavy atom. The Bertz CT molecular complexity index is 756. The van der Waals surface area contributed by atoms with Gasteiger partial charge < -0.3 is 9.88 Å². The minimum atomic E-state index is -0.0644. The van der Waals surface area contributed by atoms with E-state index >= 15 is 0 Å². The number of halogens is 1. The van der Waals surface area contributed by atoms with E-state index in [1.807, 2.05) is 36.4 Å². The Morgan fingerprint density at radius 3 is 2.80 bits per heavy atom. The fourth-order valence-corrected chi connectivity index (χ4v) is 3.20. The lowest BCUT2D eigenvalue weighted by molar-refractivity contribution is -0.119. The van der Waals surface area contributed by atoms with Crippen LogP contribution >= 0.6 is 11.6 Å². The van der Waals surface area contributed by atoms with Crippen LogP contribution in [-0.2, 0) is 24.3 Å². The third kappa shape index (κ3) is 4.90. The molecule has 0 bridgehead atoms. The summed E-state index contributed by atoms with van der Waals surface area (Å²) in [5, 5.41) is 12.1. The normalized spacial score (nSPS) is 15.5. The average Bonchev–Trinajstić information content (AvgIpc) is 2.87. The first-order valence-electron chi connectivity index (χ1n) is 8.40. The molecule has 7 heteroatoms. The molecule has 1 aromatic heterocycles.